The molecule has 1 aromatic carbocycles. The summed E-state index contributed by atoms with van der Waals surface area (Å²) in [6, 6.07) is 11.1. The van der Waals surface area contributed by atoms with Gasteiger partial charge in [-0.05, 0) is 29.8 Å². The van der Waals surface area contributed by atoms with Crippen LogP contribution in [0.25, 0.3) is 0 Å². The highest BCUT2D eigenvalue weighted by Crippen LogP contribution is 2.08. The van der Waals surface area contributed by atoms with E-state index in [1.807, 2.05) is 24.3 Å². The number of halogens is 1. The summed E-state index contributed by atoms with van der Waals surface area (Å²) >= 11 is 5.86. The maximum absolute atomic E-state index is 11.9. The van der Waals surface area contributed by atoms with Gasteiger partial charge in [-0.25, -0.2) is 0 Å². The maximum atomic E-state index is 11.9. The zero-order valence-corrected chi connectivity index (χ0v) is 14.2. The molecule has 0 saturated heterocycles. The fourth-order valence-electron chi connectivity index (χ4n) is 1.96. The quantitative estimate of drug-likeness (QED) is 0.424. The molecule has 7 heteroatoms. The van der Waals surface area contributed by atoms with E-state index in [0.29, 0.717) is 36.2 Å². The van der Waals surface area contributed by atoms with Crippen LogP contribution >= 0.6 is 11.6 Å². The van der Waals surface area contributed by atoms with Gasteiger partial charge in [-0.1, -0.05) is 23.7 Å². The van der Waals surface area contributed by atoms with E-state index in [-0.39, 0.29) is 5.91 Å². The van der Waals surface area contributed by atoms with Crippen LogP contribution < -0.4 is 16.0 Å². The molecule has 2 aromatic rings. The molecule has 0 aliphatic carbocycles. The van der Waals surface area contributed by atoms with Crippen molar-refractivity contribution < 1.29 is 4.79 Å². The number of hydrogen-bond acceptors (Lipinski definition) is 3. The predicted octanol–water partition coefficient (Wildman–Crippen LogP) is 1.83. The minimum Gasteiger partial charge on any atom is -0.355 e. The van der Waals surface area contributed by atoms with Crippen molar-refractivity contribution in [3.05, 3.63) is 64.9 Å². The number of hydrogen-bond donors (Lipinski definition) is 3. The highest BCUT2D eigenvalue weighted by atomic mass is 35.5. The van der Waals surface area contributed by atoms with Crippen molar-refractivity contribution in [3.63, 3.8) is 0 Å². The van der Waals surface area contributed by atoms with Gasteiger partial charge in [0.2, 0.25) is 0 Å². The zero-order chi connectivity index (χ0) is 17.2. The van der Waals surface area contributed by atoms with Crippen molar-refractivity contribution in [2.75, 3.05) is 20.1 Å². The van der Waals surface area contributed by atoms with E-state index in [0.717, 1.165) is 5.56 Å². The van der Waals surface area contributed by atoms with Gasteiger partial charge in [-0.3, -0.25) is 14.8 Å². The normalized spacial score (nSPS) is 11.0. The molecule has 1 aromatic heterocycles. The van der Waals surface area contributed by atoms with Crippen molar-refractivity contribution >= 4 is 23.5 Å². The Balaban J connectivity index is 1.68. The maximum Gasteiger partial charge on any atom is 0.252 e. The fourth-order valence-corrected chi connectivity index (χ4v) is 2.09. The number of guanidine groups is 1. The summed E-state index contributed by atoms with van der Waals surface area (Å²) in [4.78, 5) is 19.9. The molecular weight excluding hydrogens is 326 g/mol. The molecule has 2 rings (SSSR count). The number of nitrogens with zero attached hydrogens (tertiary/aromatic N) is 2. The molecule has 24 heavy (non-hydrogen) atoms. The van der Waals surface area contributed by atoms with Crippen LogP contribution in [-0.4, -0.2) is 37.0 Å². The third-order valence-electron chi connectivity index (χ3n) is 3.22. The monoisotopic (exact) mass is 345 g/mol. The SMILES string of the molecule is CN=C(NCCNC(=O)c1cccnc1)NCc1ccc(Cl)cc1. The van der Waals surface area contributed by atoms with E-state index in [4.69, 9.17) is 11.6 Å². The number of pyridine rings is 1. The third kappa shape index (κ3) is 5.89. The highest BCUT2D eigenvalue weighted by molar-refractivity contribution is 6.30. The number of rotatable bonds is 6. The number of aliphatic imine (C=N–C) groups is 1. The first-order valence-corrected chi connectivity index (χ1v) is 7.94. The van der Waals surface area contributed by atoms with Gasteiger partial charge in [0.1, 0.15) is 0 Å². The molecule has 0 saturated carbocycles. The summed E-state index contributed by atoms with van der Waals surface area (Å²) in [6.45, 7) is 1.68. The number of nitrogens with one attached hydrogen (secondary N) is 3. The van der Waals surface area contributed by atoms with Gasteiger partial charge in [-0.2, -0.15) is 0 Å². The average molecular weight is 346 g/mol. The van der Waals surface area contributed by atoms with Crippen LogP contribution in [0, 0.1) is 0 Å². The van der Waals surface area contributed by atoms with Crippen molar-refractivity contribution in [2.24, 2.45) is 4.99 Å². The summed E-state index contributed by atoms with van der Waals surface area (Å²) in [5.74, 6) is 0.523. The molecule has 1 heterocycles. The lowest BCUT2D eigenvalue weighted by Crippen LogP contribution is -2.41. The second-order valence-corrected chi connectivity index (χ2v) is 5.41. The average Bonchev–Trinajstić information content (AvgIpc) is 2.63. The van der Waals surface area contributed by atoms with Crippen molar-refractivity contribution in [3.8, 4) is 0 Å². The molecule has 0 spiro atoms. The largest absolute Gasteiger partial charge is 0.355 e. The molecular formula is C17H20ClN5O. The second kappa shape index (κ2) is 9.52. The predicted molar refractivity (Wildman–Crippen MR) is 96.2 cm³/mol. The minimum absolute atomic E-state index is 0.144. The van der Waals surface area contributed by atoms with Crippen LogP contribution in [0.3, 0.4) is 0 Å². The summed E-state index contributed by atoms with van der Waals surface area (Å²) in [5, 5.41) is 9.87. The molecule has 0 radical (unpaired) electrons. The van der Waals surface area contributed by atoms with E-state index < -0.39 is 0 Å². The molecule has 1 amide bonds. The van der Waals surface area contributed by atoms with Crippen LogP contribution in [0.4, 0.5) is 0 Å². The zero-order valence-electron chi connectivity index (χ0n) is 13.4. The van der Waals surface area contributed by atoms with Crippen LogP contribution in [0.15, 0.2) is 53.8 Å². The Morgan fingerprint density at radius 2 is 1.88 bits per heavy atom. The first-order valence-electron chi connectivity index (χ1n) is 7.56. The first-order chi connectivity index (χ1) is 11.7. The van der Waals surface area contributed by atoms with Crippen LogP contribution in [0.1, 0.15) is 15.9 Å². The molecule has 0 fully saturated rings. The molecule has 0 unspecified atom stereocenters. The number of aromatic nitrogens is 1. The van der Waals surface area contributed by atoms with Gasteiger partial charge >= 0.3 is 0 Å². The summed E-state index contributed by atoms with van der Waals surface area (Å²) in [7, 11) is 1.70. The Kier molecular flexibility index (Phi) is 7.04. The molecule has 0 aliphatic rings. The number of amides is 1. The highest BCUT2D eigenvalue weighted by Gasteiger charge is 2.04. The summed E-state index contributed by atoms with van der Waals surface area (Å²) in [5.41, 5.74) is 1.65. The van der Waals surface area contributed by atoms with E-state index in [1.54, 1.807) is 25.4 Å². The topological polar surface area (TPSA) is 78.4 Å². The fraction of sp³-hybridized carbons (Fsp3) is 0.235. The van der Waals surface area contributed by atoms with Crippen LogP contribution in [0.2, 0.25) is 5.02 Å². The van der Waals surface area contributed by atoms with Gasteiger partial charge < -0.3 is 16.0 Å². The van der Waals surface area contributed by atoms with Crippen molar-refractivity contribution in [1.82, 2.24) is 20.9 Å². The lowest BCUT2D eigenvalue weighted by Gasteiger charge is -2.12. The van der Waals surface area contributed by atoms with Gasteiger partial charge in [0.15, 0.2) is 5.96 Å². The second-order valence-electron chi connectivity index (χ2n) is 4.98. The van der Waals surface area contributed by atoms with Crippen LogP contribution in [-0.2, 0) is 6.54 Å². The van der Waals surface area contributed by atoms with E-state index in [9.17, 15) is 4.79 Å². The van der Waals surface area contributed by atoms with E-state index in [1.165, 1.54) is 6.20 Å². The molecule has 0 aliphatic heterocycles. The number of carbonyl (C=O) groups is 1. The third-order valence-corrected chi connectivity index (χ3v) is 3.48. The minimum atomic E-state index is -0.144. The smallest absolute Gasteiger partial charge is 0.252 e. The standard InChI is InChI=1S/C17H20ClN5O/c1-19-17(23-11-13-4-6-15(18)7-5-13)22-10-9-21-16(24)14-3-2-8-20-12-14/h2-8,12H,9-11H2,1H3,(H,21,24)(H2,19,22,23). The molecule has 126 valence electrons. The molecule has 0 bridgehead atoms. The Labute approximate surface area is 146 Å². The Hall–Kier alpha value is -2.60. The number of carbonyl (C=O) groups excluding carboxylic acids is 1. The van der Waals surface area contributed by atoms with Gasteiger partial charge in [0, 0.05) is 44.1 Å². The van der Waals surface area contributed by atoms with Crippen molar-refractivity contribution in [2.45, 2.75) is 6.54 Å². The van der Waals surface area contributed by atoms with Crippen molar-refractivity contribution in [1.29, 1.82) is 0 Å². The lowest BCUT2D eigenvalue weighted by molar-refractivity contribution is 0.0954. The molecule has 3 N–H and O–H groups in total. The molecule has 0 atom stereocenters. The van der Waals surface area contributed by atoms with Gasteiger partial charge in [0.25, 0.3) is 5.91 Å². The Bertz CT molecular complexity index is 673. The van der Waals surface area contributed by atoms with Gasteiger partial charge in [-0.15, -0.1) is 0 Å². The summed E-state index contributed by atoms with van der Waals surface area (Å²) in [6.07, 6.45) is 3.17. The van der Waals surface area contributed by atoms with Gasteiger partial charge in [0.05, 0.1) is 5.56 Å². The summed E-state index contributed by atoms with van der Waals surface area (Å²) < 4.78 is 0. The molecule has 6 nitrogen and oxygen atoms in total. The first kappa shape index (κ1) is 17.7. The Morgan fingerprint density at radius 3 is 2.54 bits per heavy atom. The number of benzene rings is 1. The lowest BCUT2D eigenvalue weighted by atomic mass is 10.2. The van der Waals surface area contributed by atoms with Crippen LogP contribution in [0.5, 0.6) is 0 Å². The van der Waals surface area contributed by atoms with E-state index in [2.05, 4.69) is 25.9 Å². The Morgan fingerprint density at radius 1 is 1.12 bits per heavy atom. The van der Waals surface area contributed by atoms with E-state index >= 15 is 0 Å².